The van der Waals surface area contributed by atoms with E-state index in [1.165, 1.54) is 12.0 Å². The van der Waals surface area contributed by atoms with Crippen LogP contribution in [0.25, 0.3) is 5.76 Å². The van der Waals surface area contributed by atoms with E-state index in [2.05, 4.69) is 15.9 Å². The van der Waals surface area contributed by atoms with Gasteiger partial charge in [0.15, 0.2) is 0 Å². The Hall–Kier alpha value is -3.29. The van der Waals surface area contributed by atoms with Crippen molar-refractivity contribution in [2.24, 2.45) is 0 Å². The van der Waals surface area contributed by atoms with Crippen LogP contribution in [0.3, 0.4) is 0 Å². The zero-order chi connectivity index (χ0) is 24.4. The number of carbonyl (C=O) groups is 2. The molecule has 0 aromatic heterocycles. The Balaban J connectivity index is 1.91. The average Bonchev–Trinajstić information content (AvgIpc) is 3.09. The molecule has 6 nitrogen and oxygen atoms in total. The number of rotatable bonds is 6. The van der Waals surface area contributed by atoms with E-state index in [4.69, 9.17) is 21.1 Å². The van der Waals surface area contributed by atoms with Crippen molar-refractivity contribution in [1.82, 2.24) is 0 Å². The third-order valence-electron chi connectivity index (χ3n) is 5.46. The second-order valence-electron chi connectivity index (χ2n) is 7.50. The van der Waals surface area contributed by atoms with Gasteiger partial charge >= 0.3 is 0 Å². The van der Waals surface area contributed by atoms with Gasteiger partial charge in [-0.3, -0.25) is 14.5 Å². The molecule has 0 saturated carbocycles. The van der Waals surface area contributed by atoms with Gasteiger partial charge in [-0.05, 0) is 76.9 Å². The van der Waals surface area contributed by atoms with Crippen LogP contribution < -0.4 is 14.4 Å². The van der Waals surface area contributed by atoms with Crippen LogP contribution in [0.15, 0.2) is 76.8 Å². The Morgan fingerprint density at radius 2 is 1.82 bits per heavy atom. The highest BCUT2D eigenvalue weighted by molar-refractivity contribution is 9.10. The van der Waals surface area contributed by atoms with Gasteiger partial charge in [0.25, 0.3) is 11.7 Å². The summed E-state index contributed by atoms with van der Waals surface area (Å²) in [6.45, 7) is 2.39. The number of amides is 1. The number of carbonyl (C=O) groups excluding carboxylic acids is 2. The number of aliphatic hydroxyl groups excluding tert-OH is 1. The van der Waals surface area contributed by atoms with Crippen molar-refractivity contribution in [3.8, 4) is 11.5 Å². The highest BCUT2D eigenvalue weighted by atomic mass is 79.9. The van der Waals surface area contributed by atoms with Gasteiger partial charge in [-0.1, -0.05) is 29.8 Å². The van der Waals surface area contributed by atoms with Gasteiger partial charge in [-0.2, -0.15) is 0 Å². The minimum Gasteiger partial charge on any atom is -0.507 e. The second-order valence-corrected chi connectivity index (χ2v) is 8.79. The van der Waals surface area contributed by atoms with E-state index in [9.17, 15) is 14.7 Å². The zero-order valence-electron chi connectivity index (χ0n) is 18.4. The molecule has 174 valence electrons. The highest BCUT2D eigenvalue weighted by Gasteiger charge is 2.47. The Morgan fingerprint density at radius 1 is 1.09 bits per heavy atom. The van der Waals surface area contributed by atoms with Gasteiger partial charge in [-0.25, -0.2) is 0 Å². The molecule has 1 amide bonds. The minimum absolute atomic E-state index is 0.0220. The Labute approximate surface area is 210 Å². The lowest BCUT2D eigenvalue weighted by Crippen LogP contribution is -2.29. The molecule has 0 radical (unpaired) electrons. The third kappa shape index (κ3) is 4.41. The van der Waals surface area contributed by atoms with Gasteiger partial charge in [0, 0.05) is 16.3 Å². The predicted octanol–water partition coefficient (Wildman–Crippen LogP) is 6.14. The summed E-state index contributed by atoms with van der Waals surface area (Å²) in [7, 11) is 1.53. The van der Waals surface area contributed by atoms with Crippen molar-refractivity contribution in [3.63, 3.8) is 0 Å². The van der Waals surface area contributed by atoms with E-state index in [1.807, 2.05) is 6.92 Å². The second kappa shape index (κ2) is 9.91. The lowest BCUT2D eigenvalue weighted by Gasteiger charge is -2.25. The maximum atomic E-state index is 13.2. The van der Waals surface area contributed by atoms with E-state index in [0.29, 0.717) is 44.4 Å². The van der Waals surface area contributed by atoms with Crippen LogP contribution >= 0.6 is 27.5 Å². The number of halogens is 2. The molecule has 3 aromatic rings. The number of hydrogen-bond acceptors (Lipinski definition) is 5. The first-order chi connectivity index (χ1) is 16.3. The van der Waals surface area contributed by atoms with Gasteiger partial charge < -0.3 is 14.6 Å². The summed E-state index contributed by atoms with van der Waals surface area (Å²) in [6.07, 6.45) is 0. The number of nitrogens with zero attached hydrogens (tertiary/aromatic N) is 1. The molecule has 1 unspecified atom stereocenters. The molecule has 4 rings (SSSR count). The number of ether oxygens (including phenoxy) is 2. The van der Waals surface area contributed by atoms with Gasteiger partial charge in [0.2, 0.25) is 0 Å². The first-order valence-corrected chi connectivity index (χ1v) is 11.7. The average molecular weight is 543 g/mol. The number of anilines is 1. The Kier molecular flexibility index (Phi) is 6.95. The molecule has 1 atom stereocenters. The quantitative estimate of drug-likeness (QED) is 0.230. The standard InChI is InChI=1S/C26H21BrClNO5/c1-3-34-19-10-7-15(8-11-19)23-22(24(30)16-9-12-21(33-2)20(27)13-16)25(31)26(32)29(23)18-6-4-5-17(28)14-18/h4-14,23,30H,3H2,1-2H3/b24-22+. The smallest absolute Gasteiger partial charge is 0.300 e. The van der Waals surface area contributed by atoms with Crippen molar-refractivity contribution in [2.45, 2.75) is 13.0 Å². The van der Waals surface area contributed by atoms with Crippen molar-refractivity contribution in [1.29, 1.82) is 0 Å². The lowest BCUT2D eigenvalue weighted by atomic mass is 9.95. The van der Waals surface area contributed by atoms with Crippen molar-refractivity contribution < 1.29 is 24.2 Å². The van der Waals surface area contributed by atoms with Crippen molar-refractivity contribution >= 4 is 50.7 Å². The van der Waals surface area contributed by atoms with Crippen LogP contribution in [0, 0.1) is 0 Å². The number of methoxy groups -OCH3 is 1. The summed E-state index contributed by atoms with van der Waals surface area (Å²) in [6, 6.07) is 17.8. The third-order valence-corrected chi connectivity index (χ3v) is 6.32. The molecular weight excluding hydrogens is 522 g/mol. The maximum absolute atomic E-state index is 13.2. The molecule has 0 bridgehead atoms. The summed E-state index contributed by atoms with van der Waals surface area (Å²) < 4.78 is 11.4. The fraction of sp³-hybridized carbons (Fsp3) is 0.154. The molecule has 1 fully saturated rings. The Bertz CT molecular complexity index is 1290. The minimum atomic E-state index is -0.866. The fourth-order valence-electron chi connectivity index (χ4n) is 3.92. The maximum Gasteiger partial charge on any atom is 0.300 e. The van der Waals surface area contributed by atoms with E-state index in [0.717, 1.165) is 0 Å². The highest BCUT2D eigenvalue weighted by Crippen LogP contribution is 2.43. The molecule has 34 heavy (non-hydrogen) atoms. The monoisotopic (exact) mass is 541 g/mol. The van der Waals surface area contributed by atoms with Crippen LogP contribution in [-0.2, 0) is 9.59 Å². The summed E-state index contributed by atoms with van der Waals surface area (Å²) in [5.74, 6) is -0.604. The van der Waals surface area contributed by atoms with E-state index < -0.39 is 17.7 Å². The molecular formula is C26H21BrClNO5. The van der Waals surface area contributed by atoms with E-state index in [-0.39, 0.29) is 11.3 Å². The summed E-state index contributed by atoms with van der Waals surface area (Å²) >= 11 is 9.58. The van der Waals surface area contributed by atoms with E-state index in [1.54, 1.807) is 66.7 Å². The zero-order valence-corrected chi connectivity index (χ0v) is 20.8. The van der Waals surface area contributed by atoms with Crippen molar-refractivity contribution in [2.75, 3.05) is 18.6 Å². The fourth-order valence-corrected chi connectivity index (χ4v) is 4.65. The Morgan fingerprint density at radius 3 is 2.44 bits per heavy atom. The molecule has 1 N–H and O–H groups in total. The largest absolute Gasteiger partial charge is 0.507 e. The molecule has 1 aliphatic heterocycles. The topological polar surface area (TPSA) is 76.1 Å². The van der Waals surface area contributed by atoms with Gasteiger partial charge in [0.05, 0.1) is 29.8 Å². The number of ketones is 1. The van der Waals surface area contributed by atoms with Gasteiger partial charge in [0.1, 0.15) is 17.3 Å². The molecule has 3 aromatic carbocycles. The normalized spacial score (nSPS) is 17.2. The lowest BCUT2D eigenvalue weighted by molar-refractivity contribution is -0.132. The van der Waals surface area contributed by atoms with Crippen molar-refractivity contribution in [3.05, 3.63) is 92.9 Å². The number of benzene rings is 3. The number of aliphatic hydroxyl groups is 1. The van der Waals surface area contributed by atoms with Gasteiger partial charge in [-0.15, -0.1) is 0 Å². The first kappa shape index (κ1) is 23.9. The van der Waals surface area contributed by atoms with Crippen LogP contribution in [-0.4, -0.2) is 30.5 Å². The number of hydrogen-bond donors (Lipinski definition) is 1. The van der Waals surface area contributed by atoms with Crippen LogP contribution in [0.2, 0.25) is 5.02 Å². The summed E-state index contributed by atoms with van der Waals surface area (Å²) in [5.41, 5.74) is 1.43. The van der Waals surface area contributed by atoms with Crippen LogP contribution in [0.1, 0.15) is 24.1 Å². The van der Waals surface area contributed by atoms with E-state index >= 15 is 0 Å². The molecule has 8 heteroatoms. The van der Waals surface area contributed by atoms with Crippen LogP contribution in [0.5, 0.6) is 11.5 Å². The molecule has 0 spiro atoms. The van der Waals surface area contributed by atoms with Crippen LogP contribution in [0.4, 0.5) is 5.69 Å². The first-order valence-electron chi connectivity index (χ1n) is 10.5. The SMILES string of the molecule is CCOc1ccc(C2/C(=C(\O)c3ccc(OC)c(Br)c3)C(=O)C(=O)N2c2cccc(Cl)c2)cc1. The molecule has 0 aliphatic carbocycles. The summed E-state index contributed by atoms with van der Waals surface area (Å²) in [5, 5.41) is 11.7. The molecule has 1 aliphatic rings. The number of Topliss-reactive ketones (excluding diaryl/α,β-unsaturated/α-hetero) is 1. The predicted molar refractivity (Wildman–Crippen MR) is 135 cm³/mol. The molecule has 1 heterocycles. The summed E-state index contributed by atoms with van der Waals surface area (Å²) in [4.78, 5) is 27.8. The molecule has 1 saturated heterocycles.